The molecule has 0 bridgehead atoms. The lowest BCUT2D eigenvalue weighted by atomic mass is 10.2. The van der Waals surface area contributed by atoms with Crippen LogP contribution in [0, 0.1) is 6.92 Å². The zero-order valence-corrected chi connectivity index (χ0v) is 10.9. The number of hydrogen-bond acceptors (Lipinski definition) is 6. The van der Waals surface area contributed by atoms with Crippen LogP contribution in [0.3, 0.4) is 0 Å². The molecular weight excluding hydrogens is 270 g/mol. The fraction of sp³-hybridized carbons (Fsp3) is 0.182. The summed E-state index contributed by atoms with van der Waals surface area (Å²) in [6.07, 6.45) is 1.58. The van der Waals surface area contributed by atoms with Crippen molar-refractivity contribution in [2.45, 2.75) is 13.5 Å². The lowest BCUT2D eigenvalue weighted by molar-refractivity contribution is 0.0947. The molecule has 0 spiro atoms. The second-order valence-electron chi connectivity index (χ2n) is 3.76. The van der Waals surface area contributed by atoms with Gasteiger partial charge in [-0.3, -0.25) is 4.79 Å². The van der Waals surface area contributed by atoms with Gasteiger partial charge in [0.1, 0.15) is 16.7 Å². The number of hydrogen-bond donors (Lipinski definition) is 3. The standard InChI is InChI=1S/C11H12ClN5O2/c1-6-4-14-10(19-6)5-15-11(18)7-2-8(12)16-9(3-7)17-13/h2-4H,5,13H2,1H3,(H,15,18)(H,16,17). The number of rotatable bonds is 4. The highest BCUT2D eigenvalue weighted by Gasteiger charge is 2.10. The molecule has 0 atom stereocenters. The second-order valence-corrected chi connectivity index (χ2v) is 4.14. The molecule has 8 heteroatoms. The normalized spacial score (nSPS) is 10.3. The predicted molar refractivity (Wildman–Crippen MR) is 69.5 cm³/mol. The van der Waals surface area contributed by atoms with Gasteiger partial charge >= 0.3 is 0 Å². The summed E-state index contributed by atoms with van der Waals surface area (Å²) in [5.74, 6) is 6.33. The van der Waals surface area contributed by atoms with Gasteiger partial charge in [-0.25, -0.2) is 15.8 Å². The van der Waals surface area contributed by atoms with Gasteiger partial charge in [0.2, 0.25) is 5.89 Å². The summed E-state index contributed by atoms with van der Waals surface area (Å²) >= 11 is 5.78. The minimum absolute atomic E-state index is 0.174. The highest BCUT2D eigenvalue weighted by Crippen LogP contribution is 2.13. The maximum absolute atomic E-state index is 11.9. The zero-order chi connectivity index (χ0) is 13.8. The van der Waals surface area contributed by atoms with Crippen molar-refractivity contribution in [2.24, 2.45) is 5.84 Å². The molecule has 1 amide bonds. The number of carbonyl (C=O) groups is 1. The van der Waals surface area contributed by atoms with Gasteiger partial charge in [0.15, 0.2) is 0 Å². The number of nitrogens with two attached hydrogens (primary N) is 1. The van der Waals surface area contributed by atoms with Crippen LogP contribution in [-0.2, 0) is 6.54 Å². The van der Waals surface area contributed by atoms with E-state index < -0.39 is 0 Å². The van der Waals surface area contributed by atoms with Crippen molar-refractivity contribution in [1.82, 2.24) is 15.3 Å². The van der Waals surface area contributed by atoms with Crippen LogP contribution in [-0.4, -0.2) is 15.9 Å². The van der Waals surface area contributed by atoms with Crippen LogP contribution in [0.15, 0.2) is 22.7 Å². The van der Waals surface area contributed by atoms with Crippen LogP contribution in [0.4, 0.5) is 5.82 Å². The third kappa shape index (κ3) is 3.43. The highest BCUT2D eigenvalue weighted by atomic mass is 35.5. The summed E-state index contributed by atoms with van der Waals surface area (Å²) in [5, 5.41) is 2.83. The van der Waals surface area contributed by atoms with Crippen LogP contribution in [0.25, 0.3) is 0 Å². The van der Waals surface area contributed by atoms with Gasteiger partial charge in [-0.05, 0) is 19.1 Å². The van der Waals surface area contributed by atoms with Crippen LogP contribution in [0.1, 0.15) is 22.0 Å². The molecule has 2 aromatic rings. The van der Waals surface area contributed by atoms with Gasteiger partial charge in [0, 0.05) is 5.56 Å². The number of aryl methyl sites for hydroxylation is 1. The molecule has 0 aromatic carbocycles. The fourth-order valence-electron chi connectivity index (χ4n) is 1.44. The minimum Gasteiger partial charge on any atom is -0.444 e. The van der Waals surface area contributed by atoms with E-state index in [0.29, 0.717) is 23.0 Å². The Kier molecular flexibility index (Phi) is 3.98. The first-order chi connectivity index (χ1) is 9.08. The molecule has 0 aliphatic heterocycles. The summed E-state index contributed by atoms with van der Waals surface area (Å²) in [6.45, 7) is 1.97. The van der Waals surface area contributed by atoms with Gasteiger partial charge in [-0.1, -0.05) is 11.6 Å². The average molecular weight is 282 g/mol. The van der Waals surface area contributed by atoms with Crippen molar-refractivity contribution in [2.75, 3.05) is 5.43 Å². The molecule has 2 heterocycles. The summed E-state index contributed by atoms with van der Waals surface area (Å²) in [7, 11) is 0. The molecule has 0 aliphatic carbocycles. The first kappa shape index (κ1) is 13.3. The SMILES string of the molecule is Cc1cnc(CNC(=O)c2cc(Cl)nc(NN)c2)o1. The lowest BCUT2D eigenvalue weighted by Crippen LogP contribution is -2.23. The Morgan fingerprint density at radius 2 is 2.32 bits per heavy atom. The number of carbonyl (C=O) groups excluding carboxylic acids is 1. The van der Waals surface area contributed by atoms with E-state index in [1.165, 1.54) is 12.1 Å². The minimum atomic E-state index is -0.323. The van der Waals surface area contributed by atoms with Crippen molar-refractivity contribution in [3.63, 3.8) is 0 Å². The summed E-state index contributed by atoms with van der Waals surface area (Å²) in [5.41, 5.74) is 2.68. The first-order valence-electron chi connectivity index (χ1n) is 5.42. The zero-order valence-electron chi connectivity index (χ0n) is 10.1. The molecule has 4 N–H and O–H groups in total. The van der Waals surface area contributed by atoms with E-state index in [9.17, 15) is 4.79 Å². The highest BCUT2D eigenvalue weighted by molar-refractivity contribution is 6.29. The van der Waals surface area contributed by atoms with Crippen LogP contribution in [0.5, 0.6) is 0 Å². The van der Waals surface area contributed by atoms with Crippen molar-refractivity contribution < 1.29 is 9.21 Å². The van der Waals surface area contributed by atoms with E-state index in [-0.39, 0.29) is 17.6 Å². The maximum atomic E-state index is 11.9. The van der Waals surface area contributed by atoms with Gasteiger partial charge in [0.05, 0.1) is 12.7 Å². The number of anilines is 1. The number of halogens is 1. The van der Waals surface area contributed by atoms with E-state index in [1.54, 1.807) is 13.1 Å². The molecular formula is C11H12ClN5O2. The average Bonchev–Trinajstić information content (AvgIpc) is 2.81. The molecule has 100 valence electrons. The van der Waals surface area contributed by atoms with Crippen molar-refractivity contribution >= 4 is 23.3 Å². The van der Waals surface area contributed by atoms with Crippen molar-refractivity contribution in [3.8, 4) is 0 Å². The Morgan fingerprint density at radius 3 is 2.95 bits per heavy atom. The van der Waals surface area contributed by atoms with E-state index in [1.807, 2.05) is 0 Å². The first-order valence-corrected chi connectivity index (χ1v) is 5.80. The molecule has 0 unspecified atom stereocenters. The summed E-state index contributed by atoms with van der Waals surface area (Å²) in [6, 6.07) is 2.93. The molecule has 2 rings (SSSR count). The molecule has 7 nitrogen and oxygen atoms in total. The number of oxazole rings is 1. The quantitative estimate of drug-likeness (QED) is 0.442. The van der Waals surface area contributed by atoms with E-state index >= 15 is 0 Å². The Bertz CT molecular complexity index is 599. The Labute approximate surface area is 114 Å². The summed E-state index contributed by atoms with van der Waals surface area (Å²) in [4.78, 5) is 19.8. The predicted octanol–water partition coefficient (Wildman–Crippen LogP) is 1.25. The molecule has 2 aromatic heterocycles. The number of nitrogens with one attached hydrogen (secondary N) is 2. The fourth-order valence-corrected chi connectivity index (χ4v) is 1.65. The number of amides is 1. The smallest absolute Gasteiger partial charge is 0.251 e. The molecule has 0 radical (unpaired) electrons. The summed E-state index contributed by atoms with van der Waals surface area (Å²) < 4.78 is 5.24. The van der Waals surface area contributed by atoms with Gasteiger partial charge in [0.25, 0.3) is 5.91 Å². The molecule has 0 aliphatic rings. The number of nitrogens with zero attached hydrogens (tertiary/aromatic N) is 2. The largest absolute Gasteiger partial charge is 0.444 e. The van der Waals surface area contributed by atoms with Crippen LogP contribution < -0.4 is 16.6 Å². The Balaban J connectivity index is 2.05. The van der Waals surface area contributed by atoms with Crippen molar-refractivity contribution in [1.29, 1.82) is 0 Å². The van der Waals surface area contributed by atoms with Crippen LogP contribution >= 0.6 is 11.6 Å². The molecule has 0 fully saturated rings. The lowest BCUT2D eigenvalue weighted by Gasteiger charge is -2.05. The second kappa shape index (κ2) is 5.68. The maximum Gasteiger partial charge on any atom is 0.251 e. The topological polar surface area (TPSA) is 106 Å². The number of hydrazine groups is 1. The van der Waals surface area contributed by atoms with Crippen LogP contribution in [0.2, 0.25) is 5.15 Å². The number of aromatic nitrogens is 2. The number of pyridine rings is 1. The molecule has 19 heavy (non-hydrogen) atoms. The number of nitrogen functional groups attached to an aromatic ring is 1. The third-order valence-corrected chi connectivity index (χ3v) is 2.47. The van der Waals surface area contributed by atoms with Crippen molar-refractivity contribution in [3.05, 3.63) is 40.7 Å². The van der Waals surface area contributed by atoms with Gasteiger partial charge in [-0.15, -0.1) is 0 Å². The Hall–Kier alpha value is -2.12. The van der Waals surface area contributed by atoms with E-state index in [2.05, 4.69) is 20.7 Å². The van der Waals surface area contributed by atoms with Gasteiger partial charge in [-0.2, -0.15) is 0 Å². The van der Waals surface area contributed by atoms with E-state index in [0.717, 1.165) is 0 Å². The van der Waals surface area contributed by atoms with E-state index in [4.69, 9.17) is 21.9 Å². The monoisotopic (exact) mass is 281 g/mol. The van der Waals surface area contributed by atoms with Gasteiger partial charge < -0.3 is 15.2 Å². The Morgan fingerprint density at radius 1 is 1.53 bits per heavy atom. The molecule has 0 saturated carbocycles. The molecule has 0 saturated heterocycles. The third-order valence-electron chi connectivity index (χ3n) is 2.27.